The van der Waals surface area contributed by atoms with Crippen molar-refractivity contribution in [2.45, 2.75) is 12.8 Å². The molecule has 2 N–H and O–H groups in total. The van der Waals surface area contributed by atoms with Gasteiger partial charge < -0.3 is 25.0 Å². The van der Waals surface area contributed by atoms with E-state index in [1.54, 1.807) is 22.8 Å². The van der Waals surface area contributed by atoms with Crippen LogP contribution in [0.15, 0.2) is 17.4 Å². The molecular weight excluding hydrogens is 336 g/mol. The van der Waals surface area contributed by atoms with Crippen molar-refractivity contribution in [3.05, 3.63) is 12.4 Å². The molecule has 2 saturated heterocycles. The number of nitrogens with one attached hydrogen (secondary N) is 1. The van der Waals surface area contributed by atoms with Gasteiger partial charge in [-0.15, -0.1) is 0 Å². The summed E-state index contributed by atoms with van der Waals surface area (Å²) in [5.74, 6) is 0.721. The van der Waals surface area contributed by atoms with Crippen LogP contribution in [0.1, 0.15) is 12.8 Å². The van der Waals surface area contributed by atoms with E-state index < -0.39 is 0 Å². The van der Waals surface area contributed by atoms with Gasteiger partial charge in [0.05, 0.1) is 18.5 Å². The van der Waals surface area contributed by atoms with Gasteiger partial charge in [0.15, 0.2) is 5.96 Å². The van der Waals surface area contributed by atoms with Crippen LogP contribution >= 0.6 is 0 Å². The van der Waals surface area contributed by atoms with Gasteiger partial charge in [-0.2, -0.15) is 5.10 Å². The Bertz CT molecular complexity index is 653. The topological polar surface area (TPSA) is 95.2 Å². The number of hydrogen-bond donors (Lipinski definition) is 2. The summed E-state index contributed by atoms with van der Waals surface area (Å²) in [6.45, 7) is 3.63. The second kappa shape index (κ2) is 8.05. The molecule has 2 aliphatic heterocycles. The number of aliphatic hydroxyl groups excluding tert-OH is 1. The molecule has 0 unspecified atom stereocenters. The van der Waals surface area contributed by atoms with Gasteiger partial charge in [-0.05, 0) is 12.8 Å². The Kier molecular flexibility index (Phi) is 5.77. The lowest BCUT2D eigenvalue weighted by Crippen LogP contribution is -2.56. The van der Waals surface area contributed by atoms with Crippen molar-refractivity contribution < 1.29 is 14.6 Å². The summed E-state index contributed by atoms with van der Waals surface area (Å²) in [6, 6.07) is 0. The summed E-state index contributed by atoms with van der Waals surface area (Å²) in [6.07, 6.45) is 5.19. The fourth-order valence-corrected chi connectivity index (χ4v) is 3.47. The Hall–Kier alpha value is -2.13. The number of piperazine rings is 1. The zero-order valence-corrected chi connectivity index (χ0v) is 15.5. The number of aliphatic hydroxyl groups is 1. The Balaban J connectivity index is 1.58. The smallest absolute Gasteiger partial charge is 0.246 e. The maximum atomic E-state index is 12.6. The molecule has 0 radical (unpaired) electrons. The molecule has 2 fully saturated rings. The maximum Gasteiger partial charge on any atom is 0.246 e. The molecule has 1 aromatic heterocycles. The molecule has 9 nitrogen and oxygen atoms in total. The number of nitrogens with zero attached hydrogens (tertiary/aromatic N) is 5. The first kappa shape index (κ1) is 18.7. The number of rotatable bonds is 4. The Morgan fingerprint density at radius 3 is 2.77 bits per heavy atom. The van der Waals surface area contributed by atoms with Gasteiger partial charge in [0.25, 0.3) is 0 Å². The number of carbonyl (C=O) groups is 1. The second-order valence-electron chi connectivity index (χ2n) is 7.01. The van der Waals surface area contributed by atoms with E-state index in [0.717, 1.165) is 18.5 Å². The van der Waals surface area contributed by atoms with Gasteiger partial charge in [0, 0.05) is 58.6 Å². The molecule has 2 aliphatic rings. The monoisotopic (exact) mass is 364 g/mol. The molecule has 0 spiro atoms. The number of aliphatic imine (C=N–C) groups is 1. The molecule has 1 amide bonds. The lowest BCUT2D eigenvalue weighted by atomic mass is 9.81. The van der Waals surface area contributed by atoms with E-state index in [0.29, 0.717) is 38.8 Å². The number of hydrogen-bond acceptors (Lipinski definition) is 5. The number of ether oxygens (including phenoxy) is 1. The number of aryl methyl sites for hydroxylation is 1. The van der Waals surface area contributed by atoms with Crippen LogP contribution in [0.5, 0.6) is 0 Å². The summed E-state index contributed by atoms with van der Waals surface area (Å²) in [4.78, 5) is 20.6. The largest absolute Gasteiger partial charge is 0.396 e. The fourth-order valence-electron chi connectivity index (χ4n) is 3.47. The maximum absolute atomic E-state index is 12.6. The van der Waals surface area contributed by atoms with Crippen LogP contribution in [0, 0.1) is 5.41 Å². The van der Waals surface area contributed by atoms with Gasteiger partial charge in [-0.1, -0.05) is 0 Å². The minimum absolute atomic E-state index is 0.0233. The number of guanidine groups is 1. The molecular formula is C17H28N6O3. The Morgan fingerprint density at radius 2 is 2.19 bits per heavy atom. The van der Waals surface area contributed by atoms with Crippen molar-refractivity contribution in [3.8, 4) is 0 Å². The lowest BCUT2D eigenvalue weighted by molar-refractivity contribution is -0.120. The Morgan fingerprint density at radius 1 is 1.42 bits per heavy atom. The minimum atomic E-state index is -0.185. The number of carbonyl (C=O) groups excluding carboxylic acids is 1. The van der Waals surface area contributed by atoms with Gasteiger partial charge in [0.1, 0.15) is 6.54 Å². The fraction of sp³-hybridized carbons (Fsp3) is 0.706. The van der Waals surface area contributed by atoms with E-state index in [9.17, 15) is 9.90 Å². The SMILES string of the molecule is CN=C(NCC1(CO)CCOCC1)N1CCN(c2cnn(C)c2)C(=O)C1. The highest BCUT2D eigenvalue weighted by Gasteiger charge is 2.33. The Labute approximate surface area is 153 Å². The minimum Gasteiger partial charge on any atom is -0.396 e. The highest BCUT2D eigenvalue weighted by atomic mass is 16.5. The molecule has 1 aromatic rings. The number of aromatic nitrogens is 2. The van der Waals surface area contributed by atoms with Crippen LogP contribution in [0.4, 0.5) is 5.69 Å². The molecule has 0 aliphatic carbocycles. The summed E-state index contributed by atoms with van der Waals surface area (Å²) in [5.41, 5.74) is 0.636. The molecule has 26 heavy (non-hydrogen) atoms. The first-order valence-electron chi connectivity index (χ1n) is 9.00. The van der Waals surface area contributed by atoms with Gasteiger partial charge in [-0.25, -0.2) is 0 Å². The molecule has 0 aromatic carbocycles. The van der Waals surface area contributed by atoms with Crippen LogP contribution in [-0.2, 0) is 16.6 Å². The third kappa shape index (κ3) is 3.99. The summed E-state index contributed by atoms with van der Waals surface area (Å²) < 4.78 is 7.10. The van der Waals surface area contributed by atoms with E-state index in [1.807, 2.05) is 18.1 Å². The zero-order chi connectivity index (χ0) is 18.6. The van der Waals surface area contributed by atoms with Gasteiger partial charge >= 0.3 is 0 Å². The van der Waals surface area contributed by atoms with Crippen molar-refractivity contribution in [2.75, 3.05) is 57.9 Å². The van der Waals surface area contributed by atoms with E-state index >= 15 is 0 Å². The molecule has 0 saturated carbocycles. The second-order valence-corrected chi connectivity index (χ2v) is 7.01. The molecule has 0 bridgehead atoms. The highest BCUT2D eigenvalue weighted by Crippen LogP contribution is 2.29. The quantitative estimate of drug-likeness (QED) is 0.549. The van der Waals surface area contributed by atoms with Crippen LogP contribution in [0.2, 0.25) is 0 Å². The van der Waals surface area contributed by atoms with Crippen LogP contribution in [0.3, 0.4) is 0 Å². The van der Waals surface area contributed by atoms with E-state index in [2.05, 4.69) is 15.4 Å². The molecule has 0 atom stereocenters. The average molecular weight is 364 g/mol. The summed E-state index contributed by atoms with van der Waals surface area (Å²) >= 11 is 0. The van der Waals surface area contributed by atoms with Crippen LogP contribution in [-0.4, -0.2) is 84.7 Å². The molecule has 3 heterocycles. The van der Waals surface area contributed by atoms with Gasteiger partial charge in [0.2, 0.25) is 5.91 Å². The van der Waals surface area contributed by atoms with Crippen molar-refractivity contribution in [1.29, 1.82) is 0 Å². The van der Waals surface area contributed by atoms with E-state index in [1.165, 1.54) is 0 Å². The van der Waals surface area contributed by atoms with Crippen LogP contribution < -0.4 is 10.2 Å². The summed E-state index contributed by atoms with van der Waals surface area (Å²) in [7, 11) is 3.55. The van der Waals surface area contributed by atoms with E-state index in [-0.39, 0.29) is 24.5 Å². The number of amides is 1. The van der Waals surface area contributed by atoms with Crippen molar-refractivity contribution in [3.63, 3.8) is 0 Å². The normalized spacial score (nSPS) is 21.2. The first-order chi connectivity index (χ1) is 12.6. The standard InChI is InChI=1S/C17H28N6O3/c1-18-16(19-12-17(13-24)3-7-26-8-4-17)22-5-6-23(15(25)11-22)14-9-20-21(2)10-14/h9-10,24H,3-8,11-13H2,1-2H3,(H,18,19). The lowest BCUT2D eigenvalue weighted by Gasteiger charge is -2.39. The summed E-state index contributed by atoms with van der Waals surface area (Å²) in [5, 5.41) is 17.3. The van der Waals surface area contributed by atoms with Crippen LogP contribution in [0.25, 0.3) is 0 Å². The average Bonchev–Trinajstić information content (AvgIpc) is 3.09. The third-order valence-corrected chi connectivity index (χ3v) is 5.25. The number of anilines is 1. The zero-order valence-electron chi connectivity index (χ0n) is 15.5. The molecule has 9 heteroatoms. The van der Waals surface area contributed by atoms with E-state index in [4.69, 9.17) is 4.74 Å². The first-order valence-corrected chi connectivity index (χ1v) is 9.00. The predicted octanol–water partition coefficient (Wildman–Crippen LogP) is -0.567. The van der Waals surface area contributed by atoms with Crippen molar-refractivity contribution >= 4 is 17.6 Å². The van der Waals surface area contributed by atoms with Gasteiger partial charge in [-0.3, -0.25) is 14.5 Å². The third-order valence-electron chi connectivity index (χ3n) is 5.25. The van der Waals surface area contributed by atoms with Crippen molar-refractivity contribution in [2.24, 2.45) is 17.5 Å². The predicted molar refractivity (Wildman–Crippen MR) is 98.1 cm³/mol. The molecule has 3 rings (SSSR count). The van der Waals surface area contributed by atoms with Crippen molar-refractivity contribution in [1.82, 2.24) is 20.0 Å². The highest BCUT2D eigenvalue weighted by molar-refractivity contribution is 5.98. The molecule has 144 valence electrons.